The van der Waals surface area contributed by atoms with Gasteiger partial charge < -0.3 is 10.0 Å². The number of carboxylic acids is 1. The molecule has 0 aromatic carbocycles. The average Bonchev–Trinajstić information content (AvgIpc) is 2.70. The normalized spacial score (nSPS) is 10.8. The highest BCUT2D eigenvalue weighted by molar-refractivity contribution is 5.90. The van der Waals surface area contributed by atoms with Crippen molar-refractivity contribution in [3.63, 3.8) is 0 Å². The first-order chi connectivity index (χ1) is 8.63. The SMILES string of the molecule is CCCN(CC(=O)O)c1ccnc2c1cnn2C. The molecule has 0 saturated carbocycles. The Morgan fingerprint density at radius 1 is 1.56 bits per heavy atom. The zero-order chi connectivity index (χ0) is 13.1. The number of aromatic nitrogens is 3. The molecule has 96 valence electrons. The lowest BCUT2D eigenvalue weighted by molar-refractivity contribution is -0.135. The van der Waals surface area contributed by atoms with Gasteiger partial charge in [0.15, 0.2) is 5.65 Å². The number of aliphatic carboxylic acids is 1. The summed E-state index contributed by atoms with van der Waals surface area (Å²) >= 11 is 0. The second kappa shape index (κ2) is 5.03. The number of rotatable bonds is 5. The van der Waals surface area contributed by atoms with Gasteiger partial charge in [-0.3, -0.25) is 9.48 Å². The Kier molecular flexibility index (Phi) is 3.45. The molecule has 0 aliphatic rings. The molecular weight excluding hydrogens is 232 g/mol. The molecule has 0 aliphatic carbocycles. The first kappa shape index (κ1) is 12.3. The van der Waals surface area contributed by atoms with Crippen LogP contribution in [0.4, 0.5) is 5.69 Å². The second-order valence-corrected chi connectivity index (χ2v) is 4.15. The summed E-state index contributed by atoms with van der Waals surface area (Å²) in [4.78, 5) is 17.0. The Balaban J connectivity index is 2.46. The summed E-state index contributed by atoms with van der Waals surface area (Å²) in [6.07, 6.45) is 4.30. The molecule has 0 amide bonds. The van der Waals surface area contributed by atoms with E-state index in [0.29, 0.717) is 6.54 Å². The van der Waals surface area contributed by atoms with Gasteiger partial charge in [0.2, 0.25) is 0 Å². The number of anilines is 1. The predicted molar refractivity (Wildman–Crippen MR) is 68.6 cm³/mol. The lowest BCUT2D eigenvalue weighted by atomic mass is 10.2. The summed E-state index contributed by atoms with van der Waals surface area (Å²) in [6, 6.07) is 1.84. The molecule has 1 N–H and O–H groups in total. The number of pyridine rings is 1. The summed E-state index contributed by atoms with van der Waals surface area (Å²) in [5.41, 5.74) is 1.64. The molecule has 6 nitrogen and oxygen atoms in total. The number of hydrogen-bond acceptors (Lipinski definition) is 4. The number of nitrogens with zero attached hydrogens (tertiary/aromatic N) is 4. The third kappa shape index (κ3) is 2.27. The minimum absolute atomic E-state index is 0.0121. The third-order valence-corrected chi connectivity index (χ3v) is 2.77. The Hall–Kier alpha value is -2.11. The van der Waals surface area contributed by atoms with Gasteiger partial charge in [0.25, 0.3) is 0 Å². The number of carboxylic acid groups (broad SMARTS) is 1. The largest absolute Gasteiger partial charge is 0.480 e. The van der Waals surface area contributed by atoms with Crippen LogP contribution in [0.2, 0.25) is 0 Å². The van der Waals surface area contributed by atoms with Crippen LogP contribution in [-0.2, 0) is 11.8 Å². The van der Waals surface area contributed by atoms with Crippen molar-refractivity contribution in [3.05, 3.63) is 18.5 Å². The quantitative estimate of drug-likeness (QED) is 0.862. The summed E-state index contributed by atoms with van der Waals surface area (Å²) in [6.45, 7) is 2.71. The molecule has 18 heavy (non-hydrogen) atoms. The standard InChI is InChI=1S/C12H16N4O2/c1-3-6-16(8-11(17)18)10-4-5-13-12-9(10)7-14-15(12)2/h4-5,7H,3,6,8H2,1-2H3,(H,17,18). The van der Waals surface area contributed by atoms with Gasteiger partial charge in [0.05, 0.1) is 17.3 Å². The van der Waals surface area contributed by atoms with E-state index < -0.39 is 5.97 Å². The van der Waals surface area contributed by atoms with E-state index >= 15 is 0 Å². The van der Waals surface area contributed by atoms with E-state index in [1.54, 1.807) is 17.1 Å². The van der Waals surface area contributed by atoms with Crippen molar-refractivity contribution in [2.75, 3.05) is 18.0 Å². The summed E-state index contributed by atoms with van der Waals surface area (Å²) < 4.78 is 1.68. The van der Waals surface area contributed by atoms with E-state index in [4.69, 9.17) is 5.11 Å². The molecule has 2 heterocycles. The maximum atomic E-state index is 10.9. The van der Waals surface area contributed by atoms with Gasteiger partial charge in [-0.15, -0.1) is 0 Å². The number of fused-ring (bicyclic) bond motifs is 1. The van der Waals surface area contributed by atoms with E-state index in [-0.39, 0.29) is 6.54 Å². The van der Waals surface area contributed by atoms with Crippen molar-refractivity contribution in [1.29, 1.82) is 0 Å². The molecule has 0 aliphatic heterocycles. The van der Waals surface area contributed by atoms with Crippen molar-refractivity contribution >= 4 is 22.7 Å². The fourth-order valence-corrected chi connectivity index (χ4v) is 2.03. The lowest BCUT2D eigenvalue weighted by Gasteiger charge is -2.22. The predicted octanol–water partition coefficient (Wildman–Crippen LogP) is 1.27. The zero-order valence-corrected chi connectivity index (χ0v) is 10.5. The number of hydrogen-bond donors (Lipinski definition) is 1. The van der Waals surface area contributed by atoms with Crippen molar-refractivity contribution in [2.45, 2.75) is 13.3 Å². The Labute approximate surface area is 105 Å². The number of aryl methyl sites for hydroxylation is 1. The first-order valence-electron chi connectivity index (χ1n) is 5.87. The van der Waals surface area contributed by atoms with Crippen molar-refractivity contribution in [3.8, 4) is 0 Å². The van der Waals surface area contributed by atoms with E-state index in [2.05, 4.69) is 10.1 Å². The van der Waals surface area contributed by atoms with Crippen LogP contribution in [0.1, 0.15) is 13.3 Å². The highest BCUT2D eigenvalue weighted by Gasteiger charge is 2.14. The van der Waals surface area contributed by atoms with Gasteiger partial charge in [-0.2, -0.15) is 5.10 Å². The maximum Gasteiger partial charge on any atom is 0.323 e. The van der Waals surface area contributed by atoms with Gasteiger partial charge in [0.1, 0.15) is 6.54 Å². The van der Waals surface area contributed by atoms with Crippen LogP contribution >= 0.6 is 0 Å². The molecule has 6 heteroatoms. The zero-order valence-electron chi connectivity index (χ0n) is 10.5. The molecule has 0 saturated heterocycles. The molecule has 0 fully saturated rings. The monoisotopic (exact) mass is 248 g/mol. The van der Waals surface area contributed by atoms with Crippen LogP contribution < -0.4 is 4.90 Å². The summed E-state index contributed by atoms with van der Waals surface area (Å²) in [5, 5.41) is 14.0. The second-order valence-electron chi connectivity index (χ2n) is 4.15. The van der Waals surface area contributed by atoms with Gasteiger partial charge in [-0.25, -0.2) is 4.98 Å². The van der Waals surface area contributed by atoms with E-state index in [1.165, 1.54) is 0 Å². The first-order valence-corrected chi connectivity index (χ1v) is 5.87. The fraction of sp³-hybridized carbons (Fsp3) is 0.417. The van der Waals surface area contributed by atoms with Crippen LogP contribution in [0.3, 0.4) is 0 Å². The van der Waals surface area contributed by atoms with Gasteiger partial charge in [-0.1, -0.05) is 6.92 Å². The van der Waals surface area contributed by atoms with Crippen molar-refractivity contribution in [2.24, 2.45) is 7.05 Å². The van der Waals surface area contributed by atoms with Crippen LogP contribution in [-0.4, -0.2) is 38.9 Å². The average molecular weight is 248 g/mol. The highest BCUT2D eigenvalue weighted by atomic mass is 16.4. The molecule has 0 radical (unpaired) electrons. The van der Waals surface area contributed by atoms with E-state index in [1.807, 2.05) is 24.9 Å². The van der Waals surface area contributed by atoms with Gasteiger partial charge in [0, 0.05) is 19.8 Å². The molecular formula is C12H16N4O2. The van der Waals surface area contributed by atoms with Gasteiger partial charge >= 0.3 is 5.97 Å². The number of carbonyl (C=O) groups is 1. The molecule has 2 aromatic rings. The van der Waals surface area contributed by atoms with Crippen LogP contribution in [0.25, 0.3) is 11.0 Å². The van der Waals surface area contributed by atoms with Gasteiger partial charge in [-0.05, 0) is 12.5 Å². The minimum Gasteiger partial charge on any atom is -0.480 e. The molecule has 0 spiro atoms. The Bertz CT molecular complexity index is 564. The van der Waals surface area contributed by atoms with E-state index in [9.17, 15) is 4.79 Å². The maximum absolute atomic E-state index is 10.9. The highest BCUT2D eigenvalue weighted by Crippen LogP contribution is 2.24. The smallest absolute Gasteiger partial charge is 0.323 e. The van der Waals surface area contributed by atoms with Crippen LogP contribution in [0.15, 0.2) is 18.5 Å². The molecule has 0 bridgehead atoms. The minimum atomic E-state index is -0.836. The molecule has 0 unspecified atom stereocenters. The Morgan fingerprint density at radius 2 is 2.33 bits per heavy atom. The van der Waals surface area contributed by atoms with Crippen molar-refractivity contribution < 1.29 is 9.90 Å². The molecule has 2 rings (SSSR count). The van der Waals surface area contributed by atoms with E-state index in [0.717, 1.165) is 23.1 Å². The Morgan fingerprint density at radius 3 is 3.00 bits per heavy atom. The van der Waals surface area contributed by atoms with Crippen molar-refractivity contribution in [1.82, 2.24) is 14.8 Å². The van der Waals surface area contributed by atoms with Crippen LogP contribution in [0.5, 0.6) is 0 Å². The summed E-state index contributed by atoms with van der Waals surface area (Å²) in [7, 11) is 1.82. The topological polar surface area (TPSA) is 71.2 Å². The summed E-state index contributed by atoms with van der Waals surface area (Å²) in [5.74, 6) is -0.836. The molecule has 2 aromatic heterocycles. The fourth-order valence-electron chi connectivity index (χ4n) is 2.03. The van der Waals surface area contributed by atoms with Crippen LogP contribution in [0, 0.1) is 0 Å². The molecule has 0 atom stereocenters. The third-order valence-electron chi connectivity index (χ3n) is 2.77. The lowest BCUT2D eigenvalue weighted by Crippen LogP contribution is -2.30.